The largest absolute Gasteiger partial charge is 0.375 e. The highest BCUT2D eigenvalue weighted by atomic mass is 16.5. The number of likely N-dealkylation sites (tertiary alicyclic amines) is 2. The molecule has 0 unspecified atom stereocenters. The zero-order chi connectivity index (χ0) is 15.5. The number of ether oxygens (including phenoxy) is 1. The fraction of sp³-hybridized carbons (Fsp3) is 0.562. The van der Waals surface area contributed by atoms with E-state index < -0.39 is 0 Å². The number of carbonyl (C=O) groups excluding carboxylic acids is 2. The monoisotopic (exact) mass is 303 g/mol. The Kier molecular flexibility index (Phi) is 4.38. The number of hydrogen-bond donors (Lipinski definition) is 0. The Balaban J connectivity index is 1.74. The van der Waals surface area contributed by atoms with E-state index in [1.165, 1.54) is 7.11 Å². The van der Waals surface area contributed by atoms with Gasteiger partial charge in [0.15, 0.2) is 0 Å². The van der Waals surface area contributed by atoms with E-state index in [0.29, 0.717) is 19.5 Å². The molecule has 0 N–H and O–H groups in total. The molecule has 6 nitrogen and oxygen atoms in total. The van der Waals surface area contributed by atoms with E-state index in [9.17, 15) is 9.59 Å². The summed E-state index contributed by atoms with van der Waals surface area (Å²) in [6, 6.07) is 4.11. The molecule has 0 aromatic carbocycles. The van der Waals surface area contributed by atoms with Crippen LogP contribution in [0.1, 0.15) is 24.8 Å². The van der Waals surface area contributed by atoms with Crippen molar-refractivity contribution in [2.75, 3.05) is 20.3 Å². The van der Waals surface area contributed by atoms with Crippen LogP contribution in [0.15, 0.2) is 24.5 Å². The molecule has 0 saturated carbocycles. The smallest absolute Gasteiger partial charge is 0.248 e. The van der Waals surface area contributed by atoms with Crippen molar-refractivity contribution in [2.24, 2.45) is 0 Å². The SMILES string of the molecule is COCC(=O)N1CC[C@@H]2[C@H]1CCC(=O)N2Cc1ccncc1. The Morgan fingerprint density at radius 1 is 1.32 bits per heavy atom. The molecule has 0 bridgehead atoms. The van der Waals surface area contributed by atoms with Gasteiger partial charge in [0, 0.05) is 39.0 Å². The van der Waals surface area contributed by atoms with Crippen LogP contribution < -0.4 is 0 Å². The van der Waals surface area contributed by atoms with E-state index in [4.69, 9.17) is 4.74 Å². The fourth-order valence-electron chi connectivity index (χ4n) is 3.56. The van der Waals surface area contributed by atoms with E-state index in [2.05, 4.69) is 4.98 Å². The van der Waals surface area contributed by atoms with Crippen LogP contribution in [0.4, 0.5) is 0 Å². The van der Waals surface area contributed by atoms with Gasteiger partial charge in [-0.2, -0.15) is 0 Å². The number of rotatable bonds is 4. The molecule has 118 valence electrons. The Morgan fingerprint density at radius 2 is 2.09 bits per heavy atom. The normalized spacial score (nSPS) is 24.5. The molecule has 1 aromatic rings. The standard InChI is InChI=1S/C16H21N3O3/c1-22-11-16(21)18-9-6-14-13(18)2-3-15(20)19(14)10-12-4-7-17-8-5-12/h4-5,7-8,13-14H,2-3,6,9-11H2,1H3/t13-,14-/m1/s1. The van der Waals surface area contributed by atoms with Crippen LogP contribution in [0.3, 0.4) is 0 Å². The zero-order valence-electron chi connectivity index (χ0n) is 12.8. The highest BCUT2D eigenvalue weighted by Crippen LogP contribution is 2.32. The van der Waals surface area contributed by atoms with Crippen LogP contribution in [0.2, 0.25) is 0 Å². The zero-order valence-corrected chi connectivity index (χ0v) is 12.8. The second-order valence-corrected chi connectivity index (χ2v) is 5.86. The molecule has 22 heavy (non-hydrogen) atoms. The van der Waals surface area contributed by atoms with Crippen molar-refractivity contribution in [3.8, 4) is 0 Å². The summed E-state index contributed by atoms with van der Waals surface area (Å²) in [5, 5.41) is 0. The summed E-state index contributed by atoms with van der Waals surface area (Å²) < 4.78 is 4.96. The molecule has 0 spiro atoms. The van der Waals surface area contributed by atoms with Crippen molar-refractivity contribution in [1.29, 1.82) is 0 Å². The van der Waals surface area contributed by atoms with Gasteiger partial charge in [0.05, 0.1) is 12.1 Å². The minimum absolute atomic E-state index is 0.0215. The molecule has 0 aliphatic carbocycles. The maximum atomic E-state index is 12.3. The van der Waals surface area contributed by atoms with Crippen LogP contribution in [0.25, 0.3) is 0 Å². The second-order valence-electron chi connectivity index (χ2n) is 5.86. The predicted molar refractivity (Wildman–Crippen MR) is 79.8 cm³/mol. The quantitative estimate of drug-likeness (QED) is 0.826. The number of hydrogen-bond acceptors (Lipinski definition) is 4. The van der Waals surface area contributed by atoms with E-state index in [1.54, 1.807) is 12.4 Å². The maximum Gasteiger partial charge on any atom is 0.248 e. The second kappa shape index (κ2) is 6.44. The number of piperidine rings is 1. The number of methoxy groups -OCH3 is 1. The Hall–Kier alpha value is -1.95. The van der Waals surface area contributed by atoms with Gasteiger partial charge in [-0.3, -0.25) is 14.6 Å². The lowest BCUT2D eigenvalue weighted by atomic mass is 9.95. The molecule has 2 atom stereocenters. The van der Waals surface area contributed by atoms with Crippen LogP contribution in [-0.4, -0.2) is 58.9 Å². The van der Waals surface area contributed by atoms with Crippen LogP contribution in [0, 0.1) is 0 Å². The molecule has 0 radical (unpaired) electrons. The van der Waals surface area contributed by atoms with Crippen molar-refractivity contribution in [3.05, 3.63) is 30.1 Å². The lowest BCUT2D eigenvalue weighted by Gasteiger charge is -2.39. The summed E-state index contributed by atoms with van der Waals surface area (Å²) in [6.07, 6.45) is 5.58. The first-order valence-corrected chi connectivity index (χ1v) is 7.67. The van der Waals surface area contributed by atoms with Crippen LogP contribution in [0.5, 0.6) is 0 Å². The van der Waals surface area contributed by atoms with Gasteiger partial charge in [0.1, 0.15) is 6.61 Å². The lowest BCUT2D eigenvalue weighted by molar-refractivity contribution is -0.144. The molecular formula is C16H21N3O3. The summed E-state index contributed by atoms with van der Waals surface area (Å²) in [6.45, 7) is 1.41. The molecule has 2 amide bonds. The maximum absolute atomic E-state index is 12.3. The van der Waals surface area contributed by atoms with Gasteiger partial charge >= 0.3 is 0 Å². The molecule has 1 aromatic heterocycles. The third-order valence-electron chi connectivity index (χ3n) is 4.58. The summed E-state index contributed by atoms with van der Waals surface area (Å²) in [5.41, 5.74) is 1.07. The first-order valence-electron chi connectivity index (χ1n) is 7.67. The van der Waals surface area contributed by atoms with Gasteiger partial charge in [-0.05, 0) is 30.5 Å². The third kappa shape index (κ3) is 2.83. The summed E-state index contributed by atoms with van der Waals surface area (Å²) in [4.78, 5) is 32.3. The van der Waals surface area contributed by atoms with Crippen molar-refractivity contribution >= 4 is 11.8 Å². The van der Waals surface area contributed by atoms with Crippen molar-refractivity contribution in [1.82, 2.24) is 14.8 Å². The van der Waals surface area contributed by atoms with Gasteiger partial charge in [0.2, 0.25) is 11.8 Å². The van der Waals surface area contributed by atoms with Gasteiger partial charge < -0.3 is 14.5 Å². The highest BCUT2D eigenvalue weighted by molar-refractivity contribution is 5.81. The molecular weight excluding hydrogens is 282 g/mol. The Labute approximate surface area is 130 Å². The van der Waals surface area contributed by atoms with Crippen molar-refractivity contribution < 1.29 is 14.3 Å². The van der Waals surface area contributed by atoms with E-state index in [0.717, 1.165) is 18.4 Å². The summed E-state index contributed by atoms with van der Waals surface area (Å²) in [5.74, 6) is 0.201. The number of nitrogens with zero attached hydrogens (tertiary/aromatic N) is 3. The summed E-state index contributed by atoms with van der Waals surface area (Å²) in [7, 11) is 1.53. The average Bonchev–Trinajstić information content (AvgIpc) is 2.96. The molecule has 3 rings (SSSR count). The third-order valence-corrected chi connectivity index (χ3v) is 4.58. The van der Waals surface area contributed by atoms with Crippen molar-refractivity contribution in [3.63, 3.8) is 0 Å². The predicted octanol–water partition coefficient (Wildman–Crippen LogP) is 0.820. The molecule has 2 fully saturated rings. The summed E-state index contributed by atoms with van der Waals surface area (Å²) >= 11 is 0. The molecule has 2 saturated heterocycles. The van der Waals surface area contributed by atoms with Crippen LogP contribution in [-0.2, 0) is 20.9 Å². The Morgan fingerprint density at radius 3 is 2.82 bits per heavy atom. The van der Waals surface area contributed by atoms with Gasteiger partial charge in [-0.25, -0.2) is 0 Å². The molecule has 2 aliphatic heterocycles. The first kappa shape index (κ1) is 15.0. The highest BCUT2D eigenvalue weighted by Gasteiger charge is 2.44. The van der Waals surface area contributed by atoms with E-state index in [-0.39, 0.29) is 30.5 Å². The molecule has 6 heteroatoms. The molecule has 3 heterocycles. The number of amides is 2. The Bertz CT molecular complexity index is 549. The molecule has 2 aliphatic rings. The van der Waals surface area contributed by atoms with E-state index >= 15 is 0 Å². The minimum Gasteiger partial charge on any atom is -0.375 e. The topological polar surface area (TPSA) is 62.7 Å². The lowest BCUT2D eigenvalue weighted by Crippen LogP contribution is -2.53. The minimum atomic E-state index is 0.0215. The average molecular weight is 303 g/mol. The van der Waals surface area contributed by atoms with Crippen LogP contribution >= 0.6 is 0 Å². The number of aromatic nitrogens is 1. The first-order chi connectivity index (χ1) is 10.7. The van der Waals surface area contributed by atoms with Gasteiger partial charge in [-0.1, -0.05) is 0 Å². The van der Waals surface area contributed by atoms with E-state index in [1.807, 2.05) is 21.9 Å². The number of carbonyl (C=O) groups is 2. The fourth-order valence-corrected chi connectivity index (χ4v) is 3.56. The van der Waals surface area contributed by atoms with Crippen molar-refractivity contribution in [2.45, 2.75) is 37.9 Å². The van der Waals surface area contributed by atoms with Gasteiger partial charge in [-0.15, -0.1) is 0 Å². The number of fused-ring (bicyclic) bond motifs is 1. The number of pyridine rings is 1. The van der Waals surface area contributed by atoms with Gasteiger partial charge in [0.25, 0.3) is 0 Å².